The van der Waals surface area contributed by atoms with Crippen LogP contribution in [0.15, 0.2) is 0 Å². The molecular formula is C11H20N2. The zero-order valence-corrected chi connectivity index (χ0v) is 8.71. The van der Waals surface area contributed by atoms with E-state index in [2.05, 4.69) is 30.1 Å². The molecule has 2 heteroatoms. The van der Waals surface area contributed by atoms with Crippen LogP contribution in [-0.2, 0) is 0 Å². The van der Waals surface area contributed by atoms with Gasteiger partial charge >= 0.3 is 0 Å². The van der Waals surface area contributed by atoms with Crippen molar-refractivity contribution in [2.24, 2.45) is 11.8 Å². The van der Waals surface area contributed by atoms with Crippen LogP contribution >= 0.6 is 0 Å². The smallest absolute Gasteiger partial charge is 0.0596 e. The van der Waals surface area contributed by atoms with Crippen LogP contribution < -0.4 is 5.32 Å². The molecule has 2 unspecified atom stereocenters. The maximum Gasteiger partial charge on any atom is 0.0596 e. The van der Waals surface area contributed by atoms with Crippen LogP contribution in [0, 0.1) is 24.2 Å². The van der Waals surface area contributed by atoms with Gasteiger partial charge in [0.2, 0.25) is 0 Å². The zero-order valence-electron chi connectivity index (χ0n) is 8.71. The van der Waals surface area contributed by atoms with E-state index in [1.54, 1.807) is 0 Å². The van der Waals surface area contributed by atoms with Crippen molar-refractivity contribution >= 4 is 0 Å². The predicted octanol–water partition coefficient (Wildman–Crippen LogP) is 0.797. The molecule has 74 valence electrons. The fraction of sp³-hybridized carbons (Fsp3) is 0.818. The van der Waals surface area contributed by atoms with Gasteiger partial charge in [-0.25, -0.2) is 0 Å². The summed E-state index contributed by atoms with van der Waals surface area (Å²) in [5.74, 6) is 4.27. The number of hydrogen-bond donors (Lipinski definition) is 1. The summed E-state index contributed by atoms with van der Waals surface area (Å²) in [5, 5.41) is 3.45. The molecule has 0 radical (unpaired) electrons. The molecule has 1 aliphatic heterocycles. The van der Waals surface area contributed by atoms with Gasteiger partial charge in [0.25, 0.3) is 0 Å². The topological polar surface area (TPSA) is 15.3 Å². The van der Waals surface area contributed by atoms with Gasteiger partial charge in [-0.2, -0.15) is 0 Å². The van der Waals surface area contributed by atoms with E-state index in [0.717, 1.165) is 31.5 Å². The molecule has 0 saturated carbocycles. The van der Waals surface area contributed by atoms with Gasteiger partial charge in [-0.15, -0.1) is 6.42 Å². The summed E-state index contributed by atoms with van der Waals surface area (Å²) in [4.78, 5) is 2.23. The largest absolute Gasteiger partial charge is 0.316 e. The van der Waals surface area contributed by atoms with E-state index in [0.29, 0.717) is 0 Å². The Balaban J connectivity index is 2.24. The van der Waals surface area contributed by atoms with Crippen molar-refractivity contribution in [3.63, 3.8) is 0 Å². The van der Waals surface area contributed by atoms with E-state index >= 15 is 0 Å². The standard InChI is InChI=1S/C11H20N2/c1-4-5-13(3)9-11-6-10(2)7-12-8-11/h1,10-12H,5-9H2,2-3H3. The minimum absolute atomic E-state index is 0.769. The Kier molecular flexibility index (Phi) is 4.27. The molecular weight excluding hydrogens is 160 g/mol. The molecule has 13 heavy (non-hydrogen) atoms. The highest BCUT2D eigenvalue weighted by Crippen LogP contribution is 2.16. The summed E-state index contributed by atoms with van der Waals surface area (Å²) >= 11 is 0. The van der Waals surface area contributed by atoms with Gasteiger partial charge in [0.15, 0.2) is 0 Å². The van der Waals surface area contributed by atoms with E-state index in [1.165, 1.54) is 13.0 Å². The molecule has 0 bridgehead atoms. The maximum atomic E-state index is 5.25. The third kappa shape index (κ3) is 3.80. The van der Waals surface area contributed by atoms with Crippen LogP contribution in [0.5, 0.6) is 0 Å². The van der Waals surface area contributed by atoms with Gasteiger partial charge in [-0.1, -0.05) is 12.8 Å². The lowest BCUT2D eigenvalue weighted by atomic mass is 9.91. The molecule has 1 fully saturated rings. The summed E-state index contributed by atoms with van der Waals surface area (Å²) < 4.78 is 0. The molecule has 1 aliphatic rings. The van der Waals surface area contributed by atoms with Crippen molar-refractivity contribution in [2.75, 3.05) is 33.2 Å². The first-order valence-corrected chi connectivity index (χ1v) is 5.05. The van der Waals surface area contributed by atoms with Crippen LogP contribution in [0.3, 0.4) is 0 Å². The number of hydrogen-bond acceptors (Lipinski definition) is 2. The van der Waals surface area contributed by atoms with Crippen molar-refractivity contribution in [3.05, 3.63) is 0 Å². The zero-order chi connectivity index (χ0) is 9.68. The lowest BCUT2D eigenvalue weighted by Crippen LogP contribution is -2.40. The molecule has 2 nitrogen and oxygen atoms in total. The Hall–Kier alpha value is -0.520. The molecule has 0 aromatic heterocycles. The molecule has 0 aromatic carbocycles. The van der Waals surface area contributed by atoms with Crippen molar-refractivity contribution in [1.29, 1.82) is 0 Å². The Labute approximate surface area is 81.7 Å². The quantitative estimate of drug-likeness (QED) is 0.646. The van der Waals surface area contributed by atoms with Crippen LogP contribution in [0.1, 0.15) is 13.3 Å². The normalized spacial score (nSPS) is 28.8. The van der Waals surface area contributed by atoms with Crippen LogP contribution in [0.4, 0.5) is 0 Å². The average molecular weight is 180 g/mol. The average Bonchev–Trinajstić information content (AvgIpc) is 2.04. The number of terminal acetylenes is 1. The summed E-state index contributed by atoms with van der Waals surface area (Å²) in [6.45, 7) is 6.53. The van der Waals surface area contributed by atoms with Crippen LogP contribution in [-0.4, -0.2) is 38.1 Å². The van der Waals surface area contributed by atoms with Gasteiger partial charge in [0.1, 0.15) is 0 Å². The Morgan fingerprint density at radius 3 is 2.92 bits per heavy atom. The van der Waals surface area contributed by atoms with Crippen LogP contribution in [0.2, 0.25) is 0 Å². The maximum absolute atomic E-state index is 5.25. The fourth-order valence-corrected chi connectivity index (χ4v) is 2.07. The number of nitrogens with one attached hydrogen (secondary N) is 1. The highest BCUT2D eigenvalue weighted by molar-refractivity contribution is 4.88. The van der Waals surface area contributed by atoms with Crippen molar-refractivity contribution in [1.82, 2.24) is 10.2 Å². The lowest BCUT2D eigenvalue weighted by Gasteiger charge is -2.30. The molecule has 0 spiro atoms. The van der Waals surface area contributed by atoms with Crippen molar-refractivity contribution in [2.45, 2.75) is 13.3 Å². The summed E-state index contributed by atoms with van der Waals surface area (Å²) in [7, 11) is 2.10. The Morgan fingerprint density at radius 1 is 1.54 bits per heavy atom. The molecule has 1 N–H and O–H groups in total. The van der Waals surface area contributed by atoms with Crippen molar-refractivity contribution < 1.29 is 0 Å². The monoisotopic (exact) mass is 180 g/mol. The SMILES string of the molecule is C#CCN(C)CC1CNCC(C)C1. The molecule has 0 aliphatic carbocycles. The highest BCUT2D eigenvalue weighted by atomic mass is 15.1. The minimum Gasteiger partial charge on any atom is -0.316 e. The third-order valence-electron chi connectivity index (χ3n) is 2.59. The fourth-order valence-electron chi connectivity index (χ4n) is 2.07. The first-order chi connectivity index (χ1) is 6.22. The number of rotatable bonds is 3. The first kappa shape index (κ1) is 10.6. The predicted molar refractivity (Wildman–Crippen MR) is 56.5 cm³/mol. The number of piperidine rings is 1. The molecule has 0 amide bonds. The van der Waals surface area contributed by atoms with Gasteiger partial charge in [0, 0.05) is 6.54 Å². The second kappa shape index (κ2) is 5.26. The highest BCUT2D eigenvalue weighted by Gasteiger charge is 2.19. The van der Waals surface area contributed by atoms with Gasteiger partial charge in [-0.3, -0.25) is 4.90 Å². The lowest BCUT2D eigenvalue weighted by molar-refractivity contribution is 0.229. The molecule has 2 atom stereocenters. The second-order valence-corrected chi connectivity index (χ2v) is 4.27. The molecule has 1 rings (SSSR count). The minimum atomic E-state index is 0.769. The van der Waals surface area contributed by atoms with E-state index in [9.17, 15) is 0 Å². The van der Waals surface area contributed by atoms with Gasteiger partial charge in [0.05, 0.1) is 6.54 Å². The summed E-state index contributed by atoms with van der Waals surface area (Å²) in [6, 6.07) is 0. The third-order valence-corrected chi connectivity index (χ3v) is 2.59. The number of nitrogens with zero attached hydrogens (tertiary/aromatic N) is 1. The van der Waals surface area contributed by atoms with Crippen LogP contribution in [0.25, 0.3) is 0 Å². The van der Waals surface area contributed by atoms with E-state index in [1.807, 2.05) is 0 Å². The molecule has 1 heterocycles. The Bertz CT molecular complexity index is 183. The van der Waals surface area contributed by atoms with E-state index in [4.69, 9.17) is 6.42 Å². The summed E-state index contributed by atoms with van der Waals surface area (Å²) in [5.41, 5.74) is 0. The van der Waals surface area contributed by atoms with E-state index in [-0.39, 0.29) is 0 Å². The van der Waals surface area contributed by atoms with Gasteiger partial charge in [-0.05, 0) is 38.4 Å². The first-order valence-electron chi connectivity index (χ1n) is 5.05. The van der Waals surface area contributed by atoms with E-state index < -0.39 is 0 Å². The van der Waals surface area contributed by atoms with Gasteiger partial charge < -0.3 is 5.32 Å². The Morgan fingerprint density at radius 2 is 2.31 bits per heavy atom. The molecule has 1 saturated heterocycles. The van der Waals surface area contributed by atoms with Crippen molar-refractivity contribution in [3.8, 4) is 12.3 Å². The molecule has 0 aromatic rings. The second-order valence-electron chi connectivity index (χ2n) is 4.27. The summed E-state index contributed by atoms with van der Waals surface area (Å²) in [6.07, 6.45) is 6.59.